The number of likely N-dealkylation sites (N-methyl/N-ethyl adjacent to an activating group) is 1. The molecule has 1 aliphatic rings. The lowest BCUT2D eigenvalue weighted by atomic mass is 10.1. The molecule has 2 heterocycles. The highest BCUT2D eigenvalue weighted by Gasteiger charge is 2.19. The summed E-state index contributed by atoms with van der Waals surface area (Å²) < 4.78 is 0. The van der Waals surface area contributed by atoms with Crippen molar-refractivity contribution in [2.24, 2.45) is 0 Å². The van der Waals surface area contributed by atoms with E-state index in [4.69, 9.17) is 0 Å². The SMILES string of the molecule is CC(NC(=O)c1cc2c(N3CCN(C)CC3)cccc2[nH]1)c1ccccc1. The van der Waals surface area contributed by atoms with Gasteiger partial charge < -0.3 is 20.1 Å². The molecule has 0 spiro atoms. The van der Waals surface area contributed by atoms with E-state index in [2.05, 4.69) is 39.3 Å². The first-order chi connectivity index (χ1) is 13.1. The van der Waals surface area contributed by atoms with Gasteiger partial charge in [0.2, 0.25) is 0 Å². The Morgan fingerprint density at radius 3 is 2.52 bits per heavy atom. The summed E-state index contributed by atoms with van der Waals surface area (Å²) in [6.07, 6.45) is 0. The molecule has 2 aromatic carbocycles. The third-order valence-corrected chi connectivity index (χ3v) is 5.38. The van der Waals surface area contributed by atoms with Crippen LogP contribution in [0.3, 0.4) is 0 Å². The number of nitrogens with zero attached hydrogens (tertiary/aromatic N) is 2. The van der Waals surface area contributed by atoms with Gasteiger partial charge in [0.1, 0.15) is 5.69 Å². The molecule has 0 saturated carbocycles. The zero-order chi connectivity index (χ0) is 18.8. The van der Waals surface area contributed by atoms with Gasteiger partial charge >= 0.3 is 0 Å². The predicted octanol–water partition coefficient (Wildman–Crippen LogP) is 3.41. The van der Waals surface area contributed by atoms with E-state index in [0.717, 1.165) is 42.6 Å². The Morgan fingerprint density at radius 2 is 1.78 bits per heavy atom. The maximum Gasteiger partial charge on any atom is 0.268 e. The largest absolute Gasteiger partial charge is 0.368 e. The molecular weight excluding hydrogens is 336 g/mol. The monoisotopic (exact) mass is 362 g/mol. The van der Waals surface area contributed by atoms with Crippen molar-refractivity contribution in [1.29, 1.82) is 0 Å². The van der Waals surface area contributed by atoms with Crippen LogP contribution in [0.1, 0.15) is 29.0 Å². The van der Waals surface area contributed by atoms with Gasteiger partial charge in [0.05, 0.1) is 6.04 Å². The number of fused-ring (bicyclic) bond motifs is 1. The number of aromatic amines is 1. The number of carbonyl (C=O) groups is 1. The standard InChI is InChI=1S/C22H26N4O/c1-16(17-7-4-3-5-8-17)23-22(27)20-15-18-19(24-20)9-6-10-21(18)26-13-11-25(2)12-14-26/h3-10,15-16,24H,11-14H2,1-2H3,(H,23,27). The molecule has 2 N–H and O–H groups in total. The maximum absolute atomic E-state index is 12.8. The average molecular weight is 362 g/mol. The molecule has 5 heteroatoms. The van der Waals surface area contributed by atoms with Gasteiger partial charge in [-0.15, -0.1) is 0 Å². The van der Waals surface area contributed by atoms with Crippen molar-refractivity contribution in [3.8, 4) is 0 Å². The Kier molecular flexibility index (Phi) is 4.86. The third kappa shape index (κ3) is 3.69. The number of hydrogen-bond acceptors (Lipinski definition) is 3. The zero-order valence-corrected chi connectivity index (χ0v) is 15.9. The number of anilines is 1. The molecule has 1 fully saturated rings. The summed E-state index contributed by atoms with van der Waals surface area (Å²) >= 11 is 0. The van der Waals surface area contributed by atoms with E-state index in [0.29, 0.717) is 5.69 Å². The second-order valence-corrected chi connectivity index (χ2v) is 7.32. The number of benzene rings is 2. The summed E-state index contributed by atoms with van der Waals surface area (Å²) in [7, 11) is 2.16. The van der Waals surface area contributed by atoms with Crippen LogP contribution in [0.4, 0.5) is 5.69 Å². The normalized spacial score (nSPS) is 16.4. The summed E-state index contributed by atoms with van der Waals surface area (Å²) in [6.45, 7) is 6.14. The van der Waals surface area contributed by atoms with E-state index in [-0.39, 0.29) is 11.9 Å². The van der Waals surface area contributed by atoms with Gasteiger partial charge in [0.15, 0.2) is 0 Å². The summed E-state index contributed by atoms with van der Waals surface area (Å²) in [6, 6.07) is 18.2. The molecule has 0 bridgehead atoms. The van der Waals surface area contributed by atoms with Gasteiger partial charge in [-0.25, -0.2) is 0 Å². The van der Waals surface area contributed by atoms with E-state index < -0.39 is 0 Å². The van der Waals surface area contributed by atoms with E-state index in [1.54, 1.807) is 0 Å². The van der Waals surface area contributed by atoms with Crippen molar-refractivity contribution in [3.63, 3.8) is 0 Å². The topological polar surface area (TPSA) is 51.4 Å². The molecular formula is C22H26N4O. The van der Waals surface area contributed by atoms with Crippen molar-refractivity contribution >= 4 is 22.5 Å². The van der Waals surface area contributed by atoms with E-state index in [1.807, 2.05) is 49.4 Å². The molecule has 1 unspecified atom stereocenters. The second kappa shape index (κ2) is 7.45. The first-order valence-electron chi connectivity index (χ1n) is 9.53. The van der Waals surface area contributed by atoms with Crippen molar-refractivity contribution < 1.29 is 4.79 Å². The zero-order valence-electron chi connectivity index (χ0n) is 15.9. The quantitative estimate of drug-likeness (QED) is 0.748. The van der Waals surface area contributed by atoms with Gasteiger partial charge in [-0.05, 0) is 37.7 Å². The fourth-order valence-corrected chi connectivity index (χ4v) is 3.68. The van der Waals surface area contributed by atoms with E-state index >= 15 is 0 Å². The van der Waals surface area contributed by atoms with Crippen molar-refractivity contribution in [2.75, 3.05) is 38.1 Å². The predicted molar refractivity (Wildman–Crippen MR) is 110 cm³/mol. The second-order valence-electron chi connectivity index (χ2n) is 7.32. The smallest absolute Gasteiger partial charge is 0.268 e. The first kappa shape index (κ1) is 17.6. The lowest BCUT2D eigenvalue weighted by Crippen LogP contribution is -2.44. The van der Waals surface area contributed by atoms with Crippen LogP contribution < -0.4 is 10.2 Å². The van der Waals surface area contributed by atoms with Crippen molar-refractivity contribution in [2.45, 2.75) is 13.0 Å². The average Bonchev–Trinajstić information content (AvgIpc) is 3.14. The molecule has 1 aliphatic heterocycles. The highest BCUT2D eigenvalue weighted by Crippen LogP contribution is 2.28. The van der Waals surface area contributed by atoms with Gasteiger partial charge in [-0.3, -0.25) is 4.79 Å². The number of carbonyl (C=O) groups excluding carboxylic acids is 1. The number of piperazine rings is 1. The summed E-state index contributed by atoms with van der Waals surface area (Å²) in [5.41, 5.74) is 3.91. The Morgan fingerprint density at radius 1 is 1.04 bits per heavy atom. The third-order valence-electron chi connectivity index (χ3n) is 5.38. The van der Waals surface area contributed by atoms with Gasteiger partial charge in [0, 0.05) is 42.8 Å². The highest BCUT2D eigenvalue weighted by molar-refractivity contribution is 6.02. The maximum atomic E-state index is 12.8. The molecule has 1 saturated heterocycles. The Balaban J connectivity index is 1.56. The van der Waals surface area contributed by atoms with Crippen LogP contribution >= 0.6 is 0 Å². The molecule has 1 atom stereocenters. The Labute approximate surface area is 160 Å². The van der Waals surface area contributed by atoms with Crippen LogP contribution in [-0.2, 0) is 0 Å². The summed E-state index contributed by atoms with van der Waals surface area (Å²) in [5.74, 6) is -0.0770. The van der Waals surface area contributed by atoms with E-state index in [9.17, 15) is 4.79 Å². The van der Waals surface area contributed by atoms with Gasteiger partial charge in [-0.2, -0.15) is 0 Å². The minimum absolute atomic E-state index is 0.0396. The fraction of sp³-hybridized carbons (Fsp3) is 0.318. The minimum atomic E-state index is -0.0770. The molecule has 1 aromatic heterocycles. The number of H-pyrrole nitrogens is 1. The molecule has 0 aliphatic carbocycles. The van der Waals surface area contributed by atoms with E-state index in [1.165, 1.54) is 5.69 Å². The van der Waals surface area contributed by atoms with Crippen LogP contribution in [0.25, 0.3) is 10.9 Å². The van der Waals surface area contributed by atoms with Crippen LogP contribution in [0.5, 0.6) is 0 Å². The minimum Gasteiger partial charge on any atom is -0.368 e. The van der Waals surface area contributed by atoms with Crippen LogP contribution in [0.2, 0.25) is 0 Å². The summed E-state index contributed by atoms with van der Waals surface area (Å²) in [4.78, 5) is 20.8. The molecule has 5 nitrogen and oxygen atoms in total. The number of amides is 1. The molecule has 4 rings (SSSR count). The van der Waals surface area contributed by atoms with Crippen LogP contribution in [0, 0.1) is 0 Å². The molecule has 140 valence electrons. The molecule has 3 aromatic rings. The number of rotatable bonds is 4. The van der Waals surface area contributed by atoms with Crippen LogP contribution in [0.15, 0.2) is 54.6 Å². The highest BCUT2D eigenvalue weighted by atomic mass is 16.1. The lowest BCUT2D eigenvalue weighted by Gasteiger charge is -2.34. The number of nitrogens with one attached hydrogen (secondary N) is 2. The first-order valence-corrected chi connectivity index (χ1v) is 9.53. The van der Waals surface area contributed by atoms with Crippen molar-refractivity contribution in [1.82, 2.24) is 15.2 Å². The molecule has 27 heavy (non-hydrogen) atoms. The Hall–Kier alpha value is -2.79. The lowest BCUT2D eigenvalue weighted by molar-refractivity contribution is 0.0935. The summed E-state index contributed by atoms with van der Waals surface area (Å²) in [5, 5.41) is 4.20. The fourth-order valence-electron chi connectivity index (χ4n) is 3.68. The van der Waals surface area contributed by atoms with Crippen LogP contribution in [-0.4, -0.2) is 49.0 Å². The molecule has 0 radical (unpaired) electrons. The number of aromatic nitrogens is 1. The Bertz CT molecular complexity index is 926. The molecule has 1 amide bonds. The number of hydrogen-bond donors (Lipinski definition) is 2. The van der Waals surface area contributed by atoms with Gasteiger partial charge in [0.25, 0.3) is 5.91 Å². The van der Waals surface area contributed by atoms with Crippen molar-refractivity contribution in [3.05, 3.63) is 65.9 Å². The van der Waals surface area contributed by atoms with Gasteiger partial charge in [-0.1, -0.05) is 36.4 Å².